The number of rotatable bonds is 4. The highest BCUT2D eigenvalue weighted by Crippen LogP contribution is 2.32. The van der Waals surface area contributed by atoms with E-state index in [4.69, 9.17) is 0 Å². The van der Waals surface area contributed by atoms with Gasteiger partial charge in [0.2, 0.25) is 5.95 Å². The first-order valence-corrected chi connectivity index (χ1v) is 8.47. The summed E-state index contributed by atoms with van der Waals surface area (Å²) < 4.78 is 53.8. The zero-order chi connectivity index (χ0) is 19.7. The Bertz CT molecular complexity index is 1130. The Morgan fingerprint density at radius 1 is 0.929 bits per heavy atom. The maximum absolute atomic E-state index is 14.5. The lowest BCUT2D eigenvalue weighted by molar-refractivity contribution is -0.138. The Kier molecular flexibility index (Phi) is 4.54. The molecule has 0 fully saturated rings. The second kappa shape index (κ2) is 7.03. The summed E-state index contributed by atoms with van der Waals surface area (Å²) in [7, 11) is 0. The van der Waals surface area contributed by atoms with Crippen molar-refractivity contribution >= 4 is 11.0 Å². The first-order valence-electron chi connectivity index (χ1n) is 8.47. The molecule has 0 saturated carbocycles. The van der Waals surface area contributed by atoms with Crippen molar-refractivity contribution in [1.29, 1.82) is 0 Å². The predicted molar refractivity (Wildman–Crippen MR) is 95.1 cm³/mol. The van der Waals surface area contributed by atoms with E-state index in [0.29, 0.717) is 17.6 Å². The van der Waals surface area contributed by atoms with Gasteiger partial charge in [0.25, 0.3) is 0 Å². The van der Waals surface area contributed by atoms with Gasteiger partial charge in [-0.25, -0.2) is 9.97 Å². The van der Waals surface area contributed by atoms with Crippen LogP contribution in [0.1, 0.15) is 27.9 Å². The van der Waals surface area contributed by atoms with Crippen LogP contribution in [-0.4, -0.2) is 19.9 Å². The number of alkyl halides is 3. The van der Waals surface area contributed by atoms with E-state index in [9.17, 15) is 17.6 Å². The molecule has 0 aliphatic rings. The minimum atomic E-state index is -4.50. The zero-order valence-corrected chi connectivity index (χ0v) is 14.5. The smallest absolute Gasteiger partial charge is 0.346 e. The second-order valence-corrected chi connectivity index (χ2v) is 6.35. The van der Waals surface area contributed by atoms with E-state index in [1.165, 1.54) is 0 Å². The topological polar surface area (TPSA) is 54.5 Å². The SMILES string of the molecule is Fc1nc(Cc2cnccc2C(F)(F)F)ccc1Cc1c[nH]c2ncccc12. The number of pyridine rings is 3. The van der Waals surface area contributed by atoms with Crippen LogP contribution in [0, 0.1) is 5.95 Å². The van der Waals surface area contributed by atoms with Crippen LogP contribution in [0.3, 0.4) is 0 Å². The normalized spacial score (nSPS) is 11.9. The van der Waals surface area contributed by atoms with Crippen molar-refractivity contribution in [3.8, 4) is 0 Å². The fourth-order valence-electron chi connectivity index (χ4n) is 3.13. The summed E-state index contributed by atoms with van der Waals surface area (Å²) in [5.41, 5.74) is 1.30. The quantitative estimate of drug-likeness (QED) is 0.409. The van der Waals surface area contributed by atoms with Crippen molar-refractivity contribution in [2.24, 2.45) is 0 Å². The molecule has 0 bridgehead atoms. The minimum Gasteiger partial charge on any atom is -0.346 e. The van der Waals surface area contributed by atoms with E-state index in [0.717, 1.165) is 29.4 Å². The Balaban J connectivity index is 1.59. The van der Waals surface area contributed by atoms with Gasteiger partial charge in [0.15, 0.2) is 0 Å². The van der Waals surface area contributed by atoms with E-state index in [-0.39, 0.29) is 17.7 Å². The van der Waals surface area contributed by atoms with Gasteiger partial charge in [-0.1, -0.05) is 6.07 Å². The summed E-state index contributed by atoms with van der Waals surface area (Å²) in [6.07, 6.45) is 1.28. The molecule has 4 heterocycles. The maximum atomic E-state index is 14.5. The van der Waals surface area contributed by atoms with Gasteiger partial charge >= 0.3 is 6.18 Å². The van der Waals surface area contributed by atoms with Gasteiger partial charge in [-0.3, -0.25) is 4.98 Å². The molecule has 0 atom stereocenters. The third kappa shape index (κ3) is 3.58. The molecule has 0 aliphatic carbocycles. The highest BCUT2D eigenvalue weighted by Gasteiger charge is 2.33. The molecule has 4 aromatic heterocycles. The molecule has 0 aliphatic heterocycles. The van der Waals surface area contributed by atoms with Crippen molar-refractivity contribution in [2.45, 2.75) is 19.0 Å². The van der Waals surface area contributed by atoms with Crippen LogP contribution in [0.2, 0.25) is 0 Å². The maximum Gasteiger partial charge on any atom is 0.416 e. The zero-order valence-electron chi connectivity index (χ0n) is 14.5. The number of halogens is 4. The molecule has 0 saturated heterocycles. The molecule has 142 valence electrons. The Morgan fingerprint density at radius 2 is 1.79 bits per heavy atom. The molecule has 8 heteroatoms. The molecular formula is C20H14F4N4. The van der Waals surface area contributed by atoms with E-state index in [1.807, 2.05) is 6.07 Å². The predicted octanol–water partition coefficient (Wildman–Crippen LogP) is 4.69. The Morgan fingerprint density at radius 3 is 2.57 bits per heavy atom. The Hall–Kier alpha value is -3.29. The minimum absolute atomic E-state index is 0.0441. The third-order valence-corrected chi connectivity index (χ3v) is 4.48. The van der Waals surface area contributed by atoms with E-state index in [2.05, 4.69) is 19.9 Å². The molecular weight excluding hydrogens is 372 g/mol. The fourth-order valence-corrected chi connectivity index (χ4v) is 3.13. The number of hydrogen-bond acceptors (Lipinski definition) is 3. The molecule has 1 N–H and O–H groups in total. The lowest BCUT2D eigenvalue weighted by Crippen LogP contribution is -2.10. The molecule has 0 radical (unpaired) electrons. The molecule has 4 aromatic rings. The molecule has 0 amide bonds. The van der Waals surface area contributed by atoms with Crippen molar-refractivity contribution in [3.05, 3.63) is 89.0 Å². The van der Waals surface area contributed by atoms with Gasteiger partial charge in [0.05, 0.1) is 5.56 Å². The van der Waals surface area contributed by atoms with Crippen LogP contribution < -0.4 is 0 Å². The number of aromatic nitrogens is 4. The summed E-state index contributed by atoms with van der Waals surface area (Å²) >= 11 is 0. The van der Waals surface area contributed by atoms with Gasteiger partial charge in [0, 0.05) is 54.3 Å². The van der Waals surface area contributed by atoms with Crippen LogP contribution in [-0.2, 0) is 19.0 Å². The van der Waals surface area contributed by atoms with Crippen molar-refractivity contribution in [2.75, 3.05) is 0 Å². The van der Waals surface area contributed by atoms with Gasteiger partial charge in [0.1, 0.15) is 5.65 Å². The van der Waals surface area contributed by atoms with Crippen LogP contribution in [0.5, 0.6) is 0 Å². The van der Waals surface area contributed by atoms with Crippen LogP contribution in [0.15, 0.2) is 55.1 Å². The highest BCUT2D eigenvalue weighted by molar-refractivity contribution is 5.79. The fraction of sp³-hybridized carbons (Fsp3) is 0.150. The standard InChI is InChI=1S/C20H14F4N4/c21-18-12(8-13-11-27-19-16(13)2-1-6-26-19)3-4-15(28-18)9-14-10-25-7-5-17(14)20(22,23)24/h1-7,10-11H,8-9H2,(H,26,27). The molecule has 4 nitrogen and oxygen atoms in total. The largest absolute Gasteiger partial charge is 0.416 e. The third-order valence-electron chi connectivity index (χ3n) is 4.48. The van der Waals surface area contributed by atoms with Crippen molar-refractivity contribution < 1.29 is 17.6 Å². The average molecular weight is 386 g/mol. The first-order chi connectivity index (χ1) is 13.4. The number of aromatic amines is 1. The lowest BCUT2D eigenvalue weighted by atomic mass is 10.0. The van der Waals surface area contributed by atoms with E-state index >= 15 is 0 Å². The highest BCUT2D eigenvalue weighted by atomic mass is 19.4. The van der Waals surface area contributed by atoms with Gasteiger partial charge in [-0.05, 0) is 35.4 Å². The van der Waals surface area contributed by atoms with E-state index < -0.39 is 17.7 Å². The van der Waals surface area contributed by atoms with Crippen LogP contribution in [0.25, 0.3) is 11.0 Å². The van der Waals surface area contributed by atoms with Gasteiger partial charge < -0.3 is 4.98 Å². The van der Waals surface area contributed by atoms with Gasteiger partial charge in [-0.2, -0.15) is 17.6 Å². The average Bonchev–Trinajstić information content (AvgIpc) is 3.07. The number of nitrogens with one attached hydrogen (secondary N) is 1. The summed E-state index contributed by atoms with van der Waals surface area (Å²) in [4.78, 5) is 14.8. The number of hydrogen-bond donors (Lipinski definition) is 1. The van der Waals surface area contributed by atoms with Crippen LogP contribution >= 0.6 is 0 Å². The van der Waals surface area contributed by atoms with Crippen molar-refractivity contribution in [3.63, 3.8) is 0 Å². The van der Waals surface area contributed by atoms with Crippen LogP contribution in [0.4, 0.5) is 17.6 Å². The molecule has 0 aromatic carbocycles. The molecule has 4 rings (SSSR count). The molecule has 0 unspecified atom stereocenters. The summed E-state index contributed by atoms with van der Waals surface area (Å²) in [5.74, 6) is -0.701. The first kappa shape index (κ1) is 18.1. The Labute approximate surface area is 157 Å². The summed E-state index contributed by atoms with van der Waals surface area (Å²) in [6, 6.07) is 7.68. The number of H-pyrrole nitrogens is 1. The van der Waals surface area contributed by atoms with E-state index in [1.54, 1.807) is 30.6 Å². The monoisotopic (exact) mass is 386 g/mol. The molecule has 28 heavy (non-hydrogen) atoms. The number of fused-ring (bicyclic) bond motifs is 1. The second-order valence-electron chi connectivity index (χ2n) is 6.35. The van der Waals surface area contributed by atoms with Crippen molar-refractivity contribution in [1.82, 2.24) is 19.9 Å². The summed E-state index contributed by atoms with van der Waals surface area (Å²) in [5, 5.41) is 0.885. The molecule has 0 spiro atoms. The number of nitrogens with zero attached hydrogens (tertiary/aromatic N) is 3. The van der Waals surface area contributed by atoms with Gasteiger partial charge in [-0.15, -0.1) is 0 Å². The summed E-state index contributed by atoms with van der Waals surface area (Å²) in [6.45, 7) is 0. The lowest BCUT2D eigenvalue weighted by Gasteiger charge is -2.12.